The maximum absolute atomic E-state index is 12.9. The summed E-state index contributed by atoms with van der Waals surface area (Å²) >= 11 is 1.32. The van der Waals surface area contributed by atoms with Crippen molar-refractivity contribution in [1.82, 2.24) is 5.32 Å². The van der Waals surface area contributed by atoms with Crippen LogP contribution in [0.5, 0.6) is 0 Å². The van der Waals surface area contributed by atoms with E-state index < -0.39 is 5.92 Å². The van der Waals surface area contributed by atoms with Gasteiger partial charge in [-0.3, -0.25) is 9.59 Å². The fourth-order valence-electron chi connectivity index (χ4n) is 4.95. The normalized spacial score (nSPS) is 17.7. The molecule has 4 rings (SSSR count). The minimum Gasteiger partial charge on any atom is -0.352 e. The molecule has 0 bridgehead atoms. The van der Waals surface area contributed by atoms with Crippen molar-refractivity contribution in [3.05, 3.63) is 86.1 Å². The number of nitrogens with one attached hydrogen (secondary N) is 2. The molecule has 0 saturated carbocycles. The van der Waals surface area contributed by atoms with Gasteiger partial charge in [0, 0.05) is 23.4 Å². The molecule has 174 valence electrons. The summed E-state index contributed by atoms with van der Waals surface area (Å²) in [6.07, 6.45) is 2.05. The van der Waals surface area contributed by atoms with Crippen LogP contribution in [-0.2, 0) is 9.59 Å². The molecule has 0 unspecified atom stereocenters. The molecule has 0 saturated heterocycles. The van der Waals surface area contributed by atoms with Crippen LogP contribution in [0.2, 0.25) is 0 Å². The summed E-state index contributed by atoms with van der Waals surface area (Å²) in [5.74, 6) is -0.264. The Labute approximate surface area is 205 Å². The third-order valence-corrected chi connectivity index (χ3v) is 7.47. The quantitative estimate of drug-likeness (QED) is 0.583. The van der Waals surface area contributed by atoms with Crippen molar-refractivity contribution in [2.75, 3.05) is 11.1 Å². The molecule has 1 heterocycles. The second kappa shape index (κ2) is 9.90. The number of ketones is 1. The van der Waals surface area contributed by atoms with Gasteiger partial charge in [-0.15, -0.1) is 0 Å². The number of nitrogens with zero attached hydrogens (tertiary/aromatic N) is 1. The fourth-order valence-corrected chi connectivity index (χ4v) is 5.81. The molecule has 2 aromatic carbocycles. The lowest BCUT2D eigenvalue weighted by Gasteiger charge is -2.33. The highest BCUT2D eigenvalue weighted by atomic mass is 32.2. The molecule has 1 atom stereocenters. The van der Waals surface area contributed by atoms with Crippen LogP contribution in [0, 0.1) is 39.0 Å². The lowest BCUT2D eigenvalue weighted by Crippen LogP contribution is -2.32. The van der Waals surface area contributed by atoms with Crippen molar-refractivity contribution in [2.45, 2.75) is 52.9 Å². The number of benzene rings is 2. The third-order valence-electron chi connectivity index (χ3n) is 6.45. The number of allylic oxidation sites excluding steroid dienone is 3. The number of dihydropyridines is 1. The Bertz CT molecular complexity index is 1260. The fraction of sp³-hybridized carbons (Fsp3) is 0.321. The van der Waals surface area contributed by atoms with Crippen LogP contribution in [-0.4, -0.2) is 17.4 Å². The zero-order valence-corrected chi connectivity index (χ0v) is 20.9. The molecule has 1 aliphatic carbocycles. The first kappa shape index (κ1) is 23.8. The van der Waals surface area contributed by atoms with Crippen molar-refractivity contribution in [1.29, 1.82) is 5.26 Å². The first-order valence-corrected chi connectivity index (χ1v) is 12.5. The minimum absolute atomic E-state index is 0.0990. The minimum atomic E-state index is -0.401. The van der Waals surface area contributed by atoms with Crippen LogP contribution >= 0.6 is 11.8 Å². The summed E-state index contributed by atoms with van der Waals surface area (Å²) in [6, 6.07) is 14.4. The number of nitriles is 1. The van der Waals surface area contributed by atoms with E-state index in [1.54, 1.807) is 0 Å². The summed E-state index contributed by atoms with van der Waals surface area (Å²) in [6.45, 7) is 8.02. The van der Waals surface area contributed by atoms with Crippen molar-refractivity contribution in [3.8, 4) is 6.07 Å². The van der Waals surface area contributed by atoms with E-state index in [1.807, 2.05) is 52.0 Å². The Hall–Kier alpha value is -3.30. The zero-order chi connectivity index (χ0) is 24.4. The van der Waals surface area contributed by atoms with Gasteiger partial charge in [0.2, 0.25) is 5.91 Å². The van der Waals surface area contributed by atoms with Crippen LogP contribution in [0.1, 0.15) is 53.0 Å². The summed E-state index contributed by atoms with van der Waals surface area (Å²) < 4.78 is 0. The maximum Gasteiger partial charge on any atom is 0.234 e. The molecule has 5 nitrogen and oxygen atoms in total. The number of hydrogen-bond donors (Lipinski definition) is 2. The molecule has 0 spiro atoms. The number of rotatable bonds is 5. The number of amides is 1. The lowest BCUT2D eigenvalue weighted by molar-refractivity contribution is -0.116. The highest BCUT2D eigenvalue weighted by Crippen LogP contribution is 2.44. The summed E-state index contributed by atoms with van der Waals surface area (Å²) in [7, 11) is 0. The maximum atomic E-state index is 12.9. The van der Waals surface area contributed by atoms with Crippen LogP contribution < -0.4 is 10.6 Å². The molecular weight excluding hydrogens is 442 g/mol. The summed E-state index contributed by atoms with van der Waals surface area (Å²) in [5.41, 5.74) is 8.15. The number of thioether (sulfide) groups is 1. The largest absolute Gasteiger partial charge is 0.352 e. The molecule has 34 heavy (non-hydrogen) atoms. The van der Waals surface area contributed by atoms with Gasteiger partial charge in [-0.2, -0.15) is 5.26 Å². The zero-order valence-electron chi connectivity index (χ0n) is 20.0. The first-order chi connectivity index (χ1) is 16.3. The van der Waals surface area contributed by atoms with Crippen LogP contribution in [0.3, 0.4) is 0 Å². The molecule has 6 heteroatoms. The Balaban J connectivity index is 1.63. The van der Waals surface area contributed by atoms with E-state index in [1.165, 1.54) is 11.8 Å². The van der Waals surface area contributed by atoms with Gasteiger partial charge in [0.1, 0.15) is 0 Å². The summed E-state index contributed by atoms with van der Waals surface area (Å²) in [4.78, 5) is 25.8. The van der Waals surface area contributed by atoms with Crippen molar-refractivity contribution < 1.29 is 9.59 Å². The molecule has 0 radical (unpaired) electrons. The molecule has 2 aromatic rings. The van der Waals surface area contributed by atoms with Gasteiger partial charge in [0.15, 0.2) is 5.78 Å². The average Bonchev–Trinajstić information content (AvgIpc) is 2.79. The number of carbonyl (C=O) groups is 2. The highest BCUT2D eigenvalue weighted by molar-refractivity contribution is 8.03. The number of carbonyl (C=O) groups excluding carboxylic acids is 2. The first-order valence-electron chi connectivity index (χ1n) is 11.5. The SMILES string of the molecule is Cc1cc(C)c(NC(=O)CSC2=C(C#N)[C@H](c3ccccc3C)C3=C(CCCC3=O)N2)c(C)c1. The topological polar surface area (TPSA) is 82.0 Å². The Morgan fingerprint density at radius 1 is 1.12 bits per heavy atom. The predicted molar refractivity (Wildman–Crippen MR) is 137 cm³/mol. The van der Waals surface area contributed by atoms with Gasteiger partial charge < -0.3 is 10.6 Å². The van der Waals surface area contributed by atoms with E-state index in [-0.39, 0.29) is 17.4 Å². The van der Waals surface area contributed by atoms with E-state index in [2.05, 4.69) is 28.8 Å². The molecule has 2 aliphatic rings. The van der Waals surface area contributed by atoms with E-state index in [0.717, 1.165) is 52.0 Å². The van der Waals surface area contributed by atoms with Gasteiger partial charge in [-0.25, -0.2) is 0 Å². The van der Waals surface area contributed by atoms with Gasteiger partial charge in [0.05, 0.1) is 28.3 Å². The summed E-state index contributed by atoms with van der Waals surface area (Å²) in [5, 5.41) is 17.2. The van der Waals surface area contributed by atoms with Gasteiger partial charge in [-0.1, -0.05) is 53.7 Å². The van der Waals surface area contributed by atoms with E-state index in [4.69, 9.17) is 0 Å². The second-order valence-electron chi connectivity index (χ2n) is 9.05. The Kier molecular flexibility index (Phi) is 6.95. The molecule has 0 aromatic heterocycles. The van der Waals surface area contributed by atoms with Crippen LogP contribution in [0.4, 0.5) is 5.69 Å². The van der Waals surface area contributed by atoms with E-state index in [9.17, 15) is 14.9 Å². The van der Waals surface area contributed by atoms with Gasteiger partial charge in [-0.05, 0) is 62.8 Å². The Morgan fingerprint density at radius 3 is 2.50 bits per heavy atom. The predicted octanol–water partition coefficient (Wildman–Crippen LogP) is 5.72. The average molecular weight is 472 g/mol. The smallest absolute Gasteiger partial charge is 0.234 e. The second-order valence-corrected chi connectivity index (χ2v) is 10.0. The number of anilines is 1. The monoisotopic (exact) mass is 471 g/mol. The van der Waals surface area contributed by atoms with Crippen LogP contribution in [0.25, 0.3) is 0 Å². The van der Waals surface area contributed by atoms with E-state index >= 15 is 0 Å². The molecule has 1 aliphatic heterocycles. The van der Waals surface area contributed by atoms with E-state index in [0.29, 0.717) is 22.6 Å². The van der Waals surface area contributed by atoms with Gasteiger partial charge in [0.25, 0.3) is 0 Å². The standard InChI is InChI=1S/C28H29N3O2S/c1-16-12-18(3)27(19(4)13-16)31-24(33)15-34-28-21(14-29)25(20-9-6-5-8-17(20)2)26-22(30-28)10-7-11-23(26)32/h5-6,8-9,12-13,25,30H,7,10-11,15H2,1-4H3,(H,31,33)/t25-/m0/s1. The molecule has 1 amide bonds. The highest BCUT2D eigenvalue weighted by Gasteiger charge is 2.37. The van der Waals surface area contributed by atoms with Crippen molar-refractivity contribution >= 4 is 29.1 Å². The number of Topliss-reactive ketones (excluding diaryl/α,β-unsaturated/α-hetero) is 1. The van der Waals surface area contributed by atoms with Gasteiger partial charge >= 0.3 is 0 Å². The van der Waals surface area contributed by atoms with Crippen molar-refractivity contribution in [2.24, 2.45) is 0 Å². The van der Waals surface area contributed by atoms with Crippen LogP contribution in [0.15, 0.2) is 58.3 Å². The molecule has 2 N–H and O–H groups in total. The molecule has 0 fully saturated rings. The third kappa shape index (κ3) is 4.67. The number of aryl methyl sites for hydroxylation is 4. The van der Waals surface area contributed by atoms with Crippen molar-refractivity contribution in [3.63, 3.8) is 0 Å². The Morgan fingerprint density at radius 2 is 1.82 bits per heavy atom. The number of hydrogen-bond acceptors (Lipinski definition) is 5. The molecular formula is C28H29N3O2S. The lowest BCUT2D eigenvalue weighted by atomic mass is 9.76.